The van der Waals surface area contributed by atoms with Crippen molar-refractivity contribution in [3.05, 3.63) is 77.2 Å². The molecule has 1 aliphatic rings. The van der Waals surface area contributed by atoms with Gasteiger partial charge in [-0.2, -0.15) is 5.26 Å². The van der Waals surface area contributed by atoms with Gasteiger partial charge in [0.05, 0.1) is 42.9 Å². The van der Waals surface area contributed by atoms with Crippen LogP contribution in [0, 0.1) is 18.3 Å². The van der Waals surface area contributed by atoms with E-state index in [2.05, 4.69) is 57.4 Å². The van der Waals surface area contributed by atoms with E-state index in [1.807, 2.05) is 29.7 Å². The third-order valence-electron chi connectivity index (χ3n) is 6.22. The number of morpholine rings is 1. The number of pyridine rings is 1. The fourth-order valence-corrected chi connectivity index (χ4v) is 4.26. The van der Waals surface area contributed by atoms with Crippen LogP contribution in [-0.2, 0) is 11.3 Å². The molecule has 1 N–H and O–H groups in total. The van der Waals surface area contributed by atoms with Crippen molar-refractivity contribution >= 4 is 11.6 Å². The zero-order valence-corrected chi connectivity index (χ0v) is 19.4. The number of nitriles is 1. The number of aromatic nitrogens is 4. The minimum atomic E-state index is 0.00245. The molecule has 0 aliphatic carbocycles. The maximum absolute atomic E-state index is 9.65. The number of rotatable bonds is 6. The zero-order chi connectivity index (χ0) is 23.5. The number of fused-ring (bicyclic) bond motifs is 1. The van der Waals surface area contributed by atoms with Crippen LogP contribution in [0.2, 0.25) is 0 Å². The van der Waals surface area contributed by atoms with Crippen LogP contribution in [0.15, 0.2) is 55.0 Å². The SMILES string of the molecule is Cc1cccn2c(-c3nc(N[C@@H](C)c4ccc(CN5CCOCC5)cc4)ncc3C#N)cnc12. The third kappa shape index (κ3) is 4.49. The van der Waals surface area contributed by atoms with Crippen LogP contribution >= 0.6 is 0 Å². The standard InChI is InChI=1S/C26H27N7O/c1-18-4-3-9-33-23(16-28-25(18)33)24-22(14-27)15-29-26(31-24)30-19(2)21-7-5-20(6-8-21)17-32-10-12-34-13-11-32/h3-9,15-16,19H,10-13,17H2,1-2H3,(H,29,30,31)/t19-/m0/s1. The molecule has 0 unspecified atom stereocenters. The van der Waals surface area contributed by atoms with Crippen LogP contribution in [0.3, 0.4) is 0 Å². The average Bonchev–Trinajstić information content (AvgIpc) is 3.30. The van der Waals surface area contributed by atoms with Crippen LogP contribution in [0.1, 0.15) is 35.2 Å². The topological polar surface area (TPSA) is 91.4 Å². The predicted octanol–water partition coefficient (Wildman–Crippen LogP) is 3.98. The summed E-state index contributed by atoms with van der Waals surface area (Å²) in [7, 11) is 0. The van der Waals surface area contributed by atoms with Crippen LogP contribution in [0.25, 0.3) is 17.0 Å². The number of benzene rings is 1. The largest absolute Gasteiger partial charge is 0.379 e. The Morgan fingerprint density at radius 3 is 2.68 bits per heavy atom. The Labute approximate surface area is 198 Å². The molecule has 8 nitrogen and oxygen atoms in total. The Bertz CT molecular complexity index is 1330. The smallest absolute Gasteiger partial charge is 0.223 e. The minimum Gasteiger partial charge on any atom is -0.379 e. The van der Waals surface area contributed by atoms with Crippen molar-refractivity contribution in [1.29, 1.82) is 5.26 Å². The van der Waals surface area contributed by atoms with Gasteiger partial charge >= 0.3 is 0 Å². The van der Waals surface area contributed by atoms with Gasteiger partial charge in [0.2, 0.25) is 5.95 Å². The van der Waals surface area contributed by atoms with Crippen LogP contribution in [0.5, 0.6) is 0 Å². The van der Waals surface area contributed by atoms with Crippen molar-refractivity contribution in [2.45, 2.75) is 26.4 Å². The number of ether oxygens (including phenoxy) is 1. The van der Waals surface area contributed by atoms with Crippen molar-refractivity contribution in [2.24, 2.45) is 0 Å². The number of anilines is 1. The van der Waals surface area contributed by atoms with Gasteiger partial charge in [0.25, 0.3) is 0 Å². The molecule has 4 aromatic rings. The molecule has 0 saturated carbocycles. The van der Waals surface area contributed by atoms with E-state index in [0.717, 1.165) is 55.3 Å². The van der Waals surface area contributed by atoms with Gasteiger partial charge in [-0.3, -0.25) is 9.30 Å². The van der Waals surface area contributed by atoms with Gasteiger partial charge in [-0.25, -0.2) is 15.0 Å². The number of nitrogens with zero attached hydrogens (tertiary/aromatic N) is 6. The number of nitrogens with one attached hydrogen (secondary N) is 1. The Balaban J connectivity index is 1.35. The highest BCUT2D eigenvalue weighted by Crippen LogP contribution is 2.26. The second-order valence-corrected chi connectivity index (χ2v) is 8.59. The lowest BCUT2D eigenvalue weighted by Gasteiger charge is -2.26. The highest BCUT2D eigenvalue weighted by molar-refractivity contribution is 5.68. The second-order valence-electron chi connectivity index (χ2n) is 8.59. The van der Waals surface area contributed by atoms with E-state index < -0.39 is 0 Å². The maximum atomic E-state index is 9.65. The molecule has 1 aliphatic heterocycles. The molecule has 3 aromatic heterocycles. The summed E-state index contributed by atoms with van der Waals surface area (Å²) >= 11 is 0. The average molecular weight is 454 g/mol. The van der Waals surface area contributed by atoms with E-state index >= 15 is 0 Å². The summed E-state index contributed by atoms with van der Waals surface area (Å²) < 4.78 is 7.39. The molecule has 8 heteroatoms. The first-order chi connectivity index (χ1) is 16.6. The lowest BCUT2D eigenvalue weighted by molar-refractivity contribution is 0.0342. The molecular formula is C26H27N7O. The Hall–Kier alpha value is -3.80. The van der Waals surface area contributed by atoms with Gasteiger partial charge in [-0.1, -0.05) is 30.3 Å². The molecule has 1 aromatic carbocycles. The van der Waals surface area contributed by atoms with Crippen molar-refractivity contribution in [3.63, 3.8) is 0 Å². The van der Waals surface area contributed by atoms with Crippen molar-refractivity contribution in [2.75, 3.05) is 31.6 Å². The van der Waals surface area contributed by atoms with Gasteiger partial charge in [0, 0.05) is 25.8 Å². The normalized spacial score (nSPS) is 15.2. The van der Waals surface area contributed by atoms with Crippen LogP contribution in [-0.4, -0.2) is 50.6 Å². The first-order valence-electron chi connectivity index (χ1n) is 11.5. The van der Waals surface area contributed by atoms with Gasteiger partial charge < -0.3 is 10.1 Å². The molecule has 1 saturated heterocycles. The molecule has 1 atom stereocenters. The summed E-state index contributed by atoms with van der Waals surface area (Å²) in [5, 5.41) is 13.0. The summed E-state index contributed by atoms with van der Waals surface area (Å²) in [6.07, 6.45) is 5.26. The number of aryl methyl sites for hydroxylation is 1. The van der Waals surface area contributed by atoms with Gasteiger partial charge in [-0.15, -0.1) is 0 Å². The number of hydrogen-bond donors (Lipinski definition) is 1. The molecule has 34 heavy (non-hydrogen) atoms. The lowest BCUT2D eigenvalue weighted by Crippen LogP contribution is -2.35. The molecule has 0 bridgehead atoms. The predicted molar refractivity (Wildman–Crippen MR) is 130 cm³/mol. The van der Waals surface area contributed by atoms with E-state index in [4.69, 9.17) is 9.72 Å². The molecule has 0 amide bonds. The highest BCUT2D eigenvalue weighted by atomic mass is 16.5. The Morgan fingerprint density at radius 1 is 1.12 bits per heavy atom. The second kappa shape index (κ2) is 9.59. The summed E-state index contributed by atoms with van der Waals surface area (Å²) in [5.74, 6) is 0.474. The zero-order valence-electron chi connectivity index (χ0n) is 19.4. The molecule has 5 rings (SSSR count). The molecule has 0 radical (unpaired) electrons. The van der Waals surface area contributed by atoms with Crippen LogP contribution in [0.4, 0.5) is 5.95 Å². The summed E-state index contributed by atoms with van der Waals surface area (Å²) in [5.41, 5.74) is 6.08. The number of imidazole rings is 1. The van der Waals surface area contributed by atoms with E-state index in [1.54, 1.807) is 12.4 Å². The van der Waals surface area contributed by atoms with Gasteiger partial charge in [0.1, 0.15) is 17.4 Å². The fourth-order valence-electron chi connectivity index (χ4n) is 4.26. The van der Waals surface area contributed by atoms with Crippen molar-refractivity contribution in [1.82, 2.24) is 24.3 Å². The molecule has 172 valence electrons. The fraction of sp³-hybridized carbons (Fsp3) is 0.308. The van der Waals surface area contributed by atoms with E-state index in [0.29, 0.717) is 17.2 Å². The highest BCUT2D eigenvalue weighted by Gasteiger charge is 2.16. The quantitative estimate of drug-likeness (QED) is 0.472. The van der Waals surface area contributed by atoms with Gasteiger partial charge in [0.15, 0.2) is 0 Å². The van der Waals surface area contributed by atoms with Crippen LogP contribution < -0.4 is 5.32 Å². The molecule has 1 fully saturated rings. The molecule has 4 heterocycles. The molecule has 0 spiro atoms. The Morgan fingerprint density at radius 2 is 1.91 bits per heavy atom. The first kappa shape index (κ1) is 22.0. The Kier molecular flexibility index (Phi) is 6.21. The third-order valence-corrected chi connectivity index (χ3v) is 6.22. The first-order valence-corrected chi connectivity index (χ1v) is 11.5. The van der Waals surface area contributed by atoms with E-state index in [1.165, 1.54) is 5.56 Å². The number of hydrogen-bond acceptors (Lipinski definition) is 7. The van der Waals surface area contributed by atoms with E-state index in [-0.39, 0.29) is 6.04 Å². The minimum absolute atomic E-state index is 0.00245. The van der Waals surface area contributed by atoms with Gasteiger partial charge in [-0.05, 0) is 36.6 Å². The van der Waals surface area contributed by atoms with Crippen molar-refractivity contribution in [3.8, 4) is 17.5 Å². The summed E-state index contributed by atoms with van der Waals surface area (Å²) in [4.78, 5) is 16.0. The monoisotopic (exact) mass is 453 g/mol. The maximum Gasteiger partial charge on any atom is 0.223 e. The molecular weight excluding hydrogens is 426 g/mol. The van der Waals surface area contributed by atoms with E-state index in [9.17, 15) is 5.26 Å². The lowest BCUT2D eigenvalue weighted by atomic mass is 10.1. The summed E-state index contributed by atoms with van der Waals surface area (Å²) in [6.45, 7) is 8.59. The van der Waals surface area contributed by atoms with Crippen molar-refractivity contribution < 1.29 is 4.74 Å². The summed E-state index contributed by atoms with van der Waals surface area (Å²) in [6, 6.07) is 14.8.